The summed E-state index contributed by atoms with van der Waals surface area (Å²) in [5.41, 5.74) is 0. The number of rotatable bonds is 2. The molecular weight excluding hydrogens is 206 g/mol. The van der Waals surface area contributed by atoms with Crippen LogP contribution in [0.4, 0.5) is 0 Å². The molecule has 0 aromatic carbocycles. The van der Waals surface area contributed by atoms with Gasteiger partial charge in [0, 0.05) is 0 Å². The normalized spacial score (nSPS) is 44.4. The average Bonchev–Trinajstić information content (AvgIpc) is 2.11. The van der Waals surface area contributed by atoms with E-state index in [9.17, 15) is 10.2 Å². The third-order valence-electron chi connectivity index (χ3n) is 2.51. The first kappa shape index (κ1) is 12.2. The third kappa shape index (κ3) is 2.21. The molecule has 14 heavy (non-hydrogen) atoms. The van der Waals surface area contributed by atoms with Gasteiger partial charge in [-0.1, -0.05) is 0 Å². The quantitative estimate of drug-likeness (QED) is 0.424. The maximum absolute atomic E-state index is 9.79. The van der Waals surface area contributed by atoms with Crippen LogP contribution in [0.25, 0.3) is 0 Å². The van der Waals surface area contributed by atoms with E-state index in [-0.39, 0.29) is 6.10 Å². The number of aliphatic hydroxyl groups is 2. The molecule has 1 fully saturated rings. The van der Waals surface area contributed by atoms with Crippen LogP contribution in [-0.4, -0.2) is 59.9 Å². The van der Waals surface area contributed by atoms with Gasteiger partial charge in [0.05, 0.1) is 18.2 Å². The van der Waals surface area contributed by atoms with E-state index in [0.717, 1.165) is 0 Å². The van der Waals surface area contributed by atoms with Crippen LogP contribution < -0.4 is 0 Å². The molecule has 6 heteroatoms. The maximum atomic E-state index is 9.79. The fraction of sp³-hybridized carbons (Fsp3) is 1.00. The molecule has 0 bridgehead atoms. The van der Waals surface area contributed by atoms with Crippen molar-refractivity contribution in [1.29, 1.82) is 0 Å². The van der Waals surface area contributed by atoms with Crippen LogP contribution in [0.1, 0.15) is 6.92 Å². The Balaban J connectivity index is 2.78. The van der Waals surface area contributed by atoms with E-state index >= 15 is 0 Å². The van der Waals surface area contributed by atoms with Crippen molar-refractivity contribution in [3.05, 3.63) is 0 Å². The Bertz CT molecular complexity index is 192. The standard InChI is InChI=1S/C8H17NO4S/c1-4-6(10)5(9(2)3)7(11)8(12-4)13-14/h4-8,10-11,14H,1-3H3/t4?,5?,6-,7?,8+/m1/s1. The van der Waals surface area contributed by atoms with E-state index in [1.54, 1.807) is 25.9 Å². The molecule has 0 saturated carbocycles. The summed E-state index contributed by atoms with van der Waals surface area (Å²) in [6.45, 7) is 1.73. The fourth-order valence-corrected chi connectivity index (χ4v) is 1.89. The van der Waals surface area contributed by atoms with Crippen LogP contribution >= 0.6 is 12.9 Å². The zero-order chi connectivity index (χ0) is 10.9. The summed E-state index contributed by atoms with van der Waals surface area (Å²) in [7, 11) is 3.56. The average molecular weight is 223 g/mol. The summed E-state index contributed by atoms with van der Waals surface area (Å²) < 4.78 is 9.90. The van der Waals surface area contributed by atoms with Gasteiger partial charge >= 0.3 is 0 Å². The van der Waals surface area contributed by atoms with Gasteiger partial charge in [-0.15, -0.1) is 0 Å². The minimum absolute atomic E-state index is 0.386. The third-order valence-corrected chi connectivity index (χ3v) is 2.72. The van der Waals surface area contributed by atoms with Gasteiger partial charge in [-0.05, 0) is 33.9 Å². The zero-order valence-corrected chi connectivity index (χ0v) is 9.39. The number of hydrogen-bond donors (Lipinski definition) is 3. The summed E-state index contributed by atoms with van der Waals surface area (Å²) in [6.07, 6.45) is -2.83. The van der Waals surface area contributed by atoms with Crippen molar-refractivity contribution in [2.24, 2.45) is 0 Å². The lowest BCUT2D eigenvalue weighted by Gasteiger charge is -2.43. The molecule has 1 aliphatic rings. The highest BCUT2D eigenvalue weighted by Gasteiger charge is 2.44. The molecule has 84 valence electrons. The predicted octanol–water partition coefficient (Wildman–Crippen LogP) is -0.755. The lowest BCUT2D eigenvalue weighted by Crippen LogP contribution is -2.61. The van der Waals surface area contributed by atoms with Crippen molar-refractivity contribution in [2.75, 3.05) is 14.1 Å². The number of thiol groups is 1. The first-order chi connectivity index (χ1) is 6.49. The SMILES string of the molecule is CC1O[C@@H](OS)C(O)C(N(C)C)[C@@H]1O. The van der Waals surface area contributed by atoms with Crippen LogP contribution in [0.15, 0.2) is 0 Å². The molecule has 0 spiro atoms. The molecule has 5 nitrogen and oxygen atoms in total. The summed E-state index contributed by atoms with van der Waals surface area (Å²) in [4.78, 5) is 1.74. The molecule has 5 atom stereocenters. The van der Waals surface area contributed by atoms with Crippen molar-refractivity contribution in [3.63, 3.8) is 0 Å². The first-order valence-electron chi connectivity index (χ1n) is 4.47. The Hall–Kier alpha value is 0.150. The maximum Gasteiger partial charge on any atom is 0.198 e. The fourth-order valence-electron chi connectivity index (χ4n) is 1.71. The molecule has 1 rings (SSSR count). The van der Waals surface area contributed by atoms with E-state index in [2.05, 4.69) is 17.1 Å². The van der Waals surface area contributed by atoms with Crippen molar-refractivity contribution in [3.8, 4) is 0 Å². The van der Waals surface area contributed by atoms with E-state index < -0.39 is 24.5 Å². The highest BCUT2D eigenvalue weighted by atomic mass is 32.1. The van der Waals surface area contributed by atoms with Gasteiger partial charge in [-0.3, -0.25) is 4.18 Å². The van der Waals surface area contributed by atoms with Gasteiger partial charge in [0.15, 0.2) is 6.29 Å². The lowest BCUT2D eigenvalue weighted by atomic mass is 9.96. The summed E-state index contributed by atoms with van der Waals surface area (Å²) in [5.74, 6) is 0. The monoisotopic (exact) mass is 223 g/mol. The summed E-state index contributed by atoms with van der Waals surface area (Å²) >= 11 is 3.62. The second-order valence-corrected chi connectivity index (χ2v) is 3.96. The molecule has 3 unspecified atom stereocenters. The Labute approximate surface area is 89.2 Å². The van der Waals surface area contributed by atoms with Gasteiger partial charge in [0.25, 0.3) is 0 Å². The Kier molecular flexibility index (Phi) is 4.17. The highest BCUT2D eigenvalue weighted by Crippen LogP contribution is 2.24. The largest absolute Gasteiger partial charge is 0.389 e. The minimum atomic E-state index is -0.909. The number of likely N-dealkylation sites (N-methyl/N-ethyl adjacent to an activating group) is 1. The molecule has 2 N–H and O–H groups in total. The van der Waals surface area contributed by atoms with Gasteiger partial charge in [0.2, 0.25) is 0 Å². The van der Waals surface area contributed by atoms with Crippen LogP contribution in [-0.2, 0) is 8.92 Å². The molecule has 0 amide bonds. The van der Waals surface area contributed by atoms with Crippen LogP contribution in [0, 0.1) is 0 Å². The second-order valence-electron chi connectivity index (χ2n) is 3.75. The van der Waals surface area contributed by atoms with Crippen molar-refractivity contribution >= 4 is 12.9 Å². The molecule has 1 aliphatic heterocycles. The Morgan fingerprint density at radius 3 is 2.29 bits per heavy atom. The van der Waals surface area contributed by atoms with E-state index in [0.29, 0.717) is 0 Å². The summed E-state index contributed by atoms with van der Waals surface area (Å²) in [6, 6.07) is -0.407. The molecule has 1 saturated heterocycles. The van der Waals surface area contributed by atoms with Crippen molar-refractivity contribution < 1.29 is 19.1 Å². The molecule has 0 aromatic heterocycles. The zero-order valence-electron chi connectivity index (χ0n) is 8.49. The second kappa shape index (κ2) is 4.78. The smallest absolute Gasteiger partial charge is 0.198 e. The van der Waals surface area contributed by atoms with E-state index in [1.807, 2.05) is 0 Å². The lowest BCUT2D eigenvalue weighted by molar-refractivity contribution is -0.248. The molecule has 0 radical (unpaired) electrons. The van der Waals surface area contributed by atoms with Crippen molar-refractivity contribution in [2.45, 2.75) is 37.6 Å². The van der Waals surface area contributed by atoms with Crippen LogP contribution in [0.5, 0.6) is 0 Å². The molecule has 0 aromatic rings. The molecule has 1 heterocycles. The molecule has 0 aliphatic carbocycles. The predicted molar refractivity (Wildman–Crippen MR) is 53.9 cm³/mol. The first-order valence-corrected chi connectivity index (χ1v) is 4.83. The number of ether oxygens (including phenoxy) is 1. The number of nitrogens with zero attached hydrogens (tertiary/aromatic N) is 1. The number of aliphatic hydroxyl groups excluding tert-OH is 2. The topological polar surface area (TPSA) is 62.2 Å². The molecular formula is C8H17NO4S. The Morgan fingerprint density at radius 2 is 1.86 bits per heavy atom. The minimum Gasteiger partial charge on any atom is -0.389 e. The van der Waals surface area contributed by atoms with E-state index in [4.69, 9.17) is 4.74 Å². The van der Waals surface area contributed by atoms with Crippen molar-refractivity contribution in [1.82, 2.24) is 4.90 Å². The van der Waals surface area contributed by atoms with Gasteiger partial charge in [-0.2, -0.15) is 0 Å². The summed E-state index contributed by atoms with van der Waals surface area (Å²) in [5, 5.41) is 19.6. The van der Waals surface area contributed by atoms with E-state index in [1.165, 1.54) is 0 Å². The number of hydrogen-bond acceptors (Lipinski definition) is 6. The van der Waals surface area contributed by atoms with Crippen LogP contribution in [0.2, 0.25) is 0 Å². The van der Waals surface area contributed by atoms with Gasteiger partial charge < -0.3 is 19.8 Å². The highest BCUT2D eigenvalue weighted by molar-refractivity contribution is 7.75. The van der Waals surface area contributed by atoms with Gasteiger partial charge in [-0.25, -0.2) is 0 Å². The Morgan fingerprint density at radius 1 is 1.29 bits per heavy atom. The van der Waals surface area contributed by atoms with Crippen LogP contribution in [0.3, 0.4) is 0 Å². The van der Waals surface area contributed by atoms with Gasteiger partial charge in [0.1, 0.15) is 6.10 Å².